The number of hydrogen-bond acceptors (Lipinski definition) is 4. The van der Waals surface area contributed by atoms with E-state index in [-0.39, 0.29) is 6.54 Å². The van der Waals surface area contributed by atoms with Gasteiger partial charge in [-0.05, 0) is 18.2 Å². The highest BCUT2D eigenvalue weighted by Gasteiger charge is 2.13. The normalized spacial score (nSPS) is 10.8. The summed E-state index contributed by atoms with van der Waals surface area (Å²) in [6.07, 6.45) is 2.96. The summed E-state index contributed by atoms with van der Waals surface area (Å²) >= 11 is 0. The molecule has 1 aromatic carbocycles. The maximum Gasteiger partial charge on any atom is 0.323 e. The van der Waals surface area contributed by atoms with E-state index in [0.29, 0.717) is 17.0 Å². The van der Waals surface area contributed by atoms with E-state index in [0.717, 1.165) is 10.1 Å². The van der Waals surface area contributed by atoms with Crippen LogP contribution in [0.25, 0.3) is 16.8 Å². The molecule has 0 saturated carbocycles. The van der Waals surface area contributed by atoms with Gasteiger partial charge < -0.3 is 14.4 Å². The number of nitrogens with zero attached hydrogens (tertiary/aromatic N) is 3. The van der Waals surface area contributed by atoms with Crippen molar-refractivity contribution in [2.24, 2.45) is 0 Å². The van der Waals surface area contributed by atoms with Crippen molar-refractivity contribution in [1.29, 1.82) is 0 Å². The lowest BCUT2D eigenvalue weighted by Crippen LogP contribution is -2.24. The van der Waals surface area contributed by atoms with Crippen LogP contribution >= 0.6 is 0 Å². The number of rotatable bonds is 4. The first kappa shape index (κ1) is 13.9. The lowest BCUT2D eigenvalue weighted by molar-refractivity contribution is -0.137. The van der Waals surface area contributed by atoms with Gasteiger partial charge >= 0.3 is 5.97 Å². The van der Waals surface area contributed by atoms with Gasteiger partial charge in [0.1, 0.15) is 17.8 Å². The smallest absolute Gasteiger partial charge is 0.323 e. The Morgan fingerprint density at radius 1 is 1.32 bits per heavy atom. The van der Waals surface area contributed by atoms with E-state index in [1.807, 2.05) is 24.3 Å². The molecule has 3 aromatic rings. The number of aromatic nitrogens is 3. The summed E-state index contributed by atoms with van der Waals surface area (Å²) in [5, 5.41) is 13.2. The monoisotopic (exact) mass is 299 g/mol. The number of carboxylic acid groups (broad SMARTS) is 1. The second-order valence-electron chi connectivity index (χ2n) is 4.68. The van der Waals surface area contributed by atoms with E-state index in [9.17, 15) is 9.59 Å². The summed E-state index contributed by atoms with van der Waals surface area (Å²) in [6, 6.07) is 8.97. The zero-order valence-electron chi connectivity index (χ0n) is 11.8. The summed E-state index contributed by atoms with van der Waals surface area (Å²) < 4.78 is 7.86. The first-order valence-electron chi connectivity index (χ1n) is 6.54. The molecule has 0 atom stereocenters. The number of methoxy groups -OCH3 is 1. The third-order valence-corrected chi connectivity index (χ3v) is 3.29. The molecule has 112 valence electrons. The fourth-order valence-electron chi connectivity index (χ4n) is 2.28. The van der Waals surface area contributed by atoms with E-state index < -0.39 is 11.5 Å². The van der Waals surface area contributed by atoms with Crippen molar-refractivity contribution >= 4 is 11.5 Å². The predicted octanol–water partition coefficient (Wildman–Crippen LogP) is 1.26. The van der Waals surface area contributed by atoms with Crippen LogP contribution in [0.3, 0.4) is 0 Å². The molecule has 7 nitrogen and oxygen atoms in total. The van der Waals surface area contributed by atoms with Crippen LogP contribution in [0, 0.1) is 0 Å². The minimum Gasteiger partial charge on any atom is -0.496 e. The van der Waals surface area contributed by atoms with E-state index in [4.69, 9.17) is 9.84 Å². The number of hydrogen-bond donors (Lipinski definition) is 1. The van der Waals surface area contributed by atoms with Crippen LogP contribution in [0.15, 0.2) is 47.5 Å². The highest BCUT2D eigenvalue weighted by molar-refractivity contribution is 5.71. The number of carbonyl (C=O) groups is 1. The minimum atomic E-state index is -1.07. The van der Waals surface area contributed by atoms with Crippen LogP contribution in [0.5, 0.6) is 5.75 Å². The standard InChI is InChI=1S/C15H13N3O4/c1-22-13-5-3-2-4-10(13)11-8-12-15(21)17(9-14(19)20)6-7-18(12)16-11/h2-8H,9H2,1H3,(H,19,20). The Morgan fingerprint density at radius 2 is 2.09 bits per heavy atom. The molecule has 0 radical (unpaired) electrons. The SMILES string of the molecule is COc1ccccc1-c1cc2c(=O)n(CC(=O)O)ccn2n1. The number of ether oxygens (including phenoxy) is 1. The molecule has 0 unspecified atom stereocenters. The molecule has 0 saturated heterocycles. The molecule has 2 heterocycles. The molecule has 0 aliphatic rings. The van der Waals surface area contributed by atoms with E-state index in [1.165, 1.54) is 10.7 Å². The van der Waals surface area contributed by atoms with Crippen molar-refractivity contribution in [1.82, 2.24) is 14.2 Å². The Kier molecular flexibility index (Phi) is 3.38. The fourth-order valence-corrected chi connectivity index (χ4v) is 2.28. The van der Waals surface area contributed by atoms with Gasteiger partial charge in [-0.1, -0.05) is 12.1 Å². The molecule has 0 spiro atoms. The van der Waals surface area contributed by atoms with Crippen molar-refractivity contribution in [3.8, 4) is 17.0 Å². The van der Waals surface area contributed by atoms with Crippen LogP contribution in [0.2, 0.25) is 0 Å². The topological polar surface area (TPSA) is 85.8 Å². The average molecular weight is 299 g/mol. The van der Waals surface area contributed by atoms with Gasteiger partial charge in [-0.3, -0.25) is 9.59 Å². The maximum atomic E-state index is 12.3. The van der Waals surface area contributed by atoms with Gasteiger partial charge in [0, 0.05) is 18.0 Å². The van der Waals surface area contributed by atoms with Crippen molar-refractivity contribution in [2.75, 3.05) is 7.11 Å². The van der Waals surface area contributed by atoms with Crippen molar-refractivity contribution in [2.45, 2.75) is 6.54 Å². The van der Waals surface area contributed by atoms with Gasteiger partial charge in [0.2, 0.25) is 0 Å². The molecule has 3 rings (SSSR count). The molecular weight excluding hydrogens is 286 g/mol. The quantitative estimate of drug-likeness (QED) is 0.783. The Hall–Kier alpha value is -3.09. The van der Waals surface area contributed by atoms with Gasteiger partial charge in [-0.15, -0.1) is 0 Å². The van der Waals surface area contributed by atoms with Crippen molar-refractivity contribution in [3.63, 3.8) is 0 Å². The maximum absolute atomic E-state index is 12.3. The van der Waals surface area contributed by atoms with Crippen LogP contribution in [-0.4, -0.2) is 32.4 Å². The predicted molar refractivity (Wildman–Crippen MR) is 79.1 cm³/mol. The molecule has 22 heavy (non-hydrogen) atoms. The van der Waals surface area contributed by atoms with E-state index in [1.54, 1.807) is 19.4 Å². The Balaban J connectivity index is 2.16. The second-order valence-corrected chi connectivity index (χ2v) is 4.68. The van der Waals surface area contributed by atoms with Gasteiger partial charge in [0.25, 0.3) is 5.56 Å². The molecule has 0 bridgehead atoms. The van der Waals surface area contributed by atoms with E-state index in [2.05, 4.69) is 5.10 Å². The van der Waals surface area contributed by atoms with Gasteiger partial charge in [-0.25, -0.2) is 4.52 Å². The summed E-state index contributed by atoms with van der Waals surface area (Å²) in [7, 11) is 1.56. The lowest BCUT2D eigenvalue weighted by atomic mass is 10.1. The molecule has 0 amide bonds. The zero-order chi connectivity index (χ0) is 15.7. The molecule has 7 heteroatoms. The second kappa shape index (κ2) is 5.36. The molecular formula is C15H13N3O4. The summed E-state index contributed by atoms with van der Waals surface area (Å²) in [6.45, 7) is -0.384. The summed E-state index contributed by atoms with van der Waals surface area (Å²) in [5.41, 5.74) is 1.25. The van der Waals surface area contributed by atoms with Gasteiger partial charge in [0.05, 0.1) is 12.8 Å². The fraction of sp³-hybridized carbons (Fsp3) is 0.133. The van der Waals surface area contributed by atoms with Crippen LogP contribution < -0.4 is 10.3 Å². The van der Waals surface area contributed by atoms with Crippen LogP contribution in [0.1, 0.15) is 0 Å². The van der Waals surface area contributed by atoms with Gasteiger partial charge in [0.15, 0.2) is 0 Å². The Bertz CT molecular complexity index is 911. The number of carboxylic acids is 1. The average Bonchev–Trinajstić information content (AvgIpc) is 2.94. The Labute approximate surface area is 125 Å². The van der Waals surface area contributed by atoms with Crippen molar-refractivity contribution < 1.29 is 14.6 Å². The Morgan fingerprint density at radius 3 is 2.82 bits per heavy atom. The number of fused-ring (bicyclic) bond motifs is 1. The highest BCUT2D eigenvalue weighted by atomic mass is 16.5. The molecule has 2 aromatic heterocycles. The summed E-state index contributed by atoms with van der Waals surface area (Å²) in [5.74, 6) is -0.423. The largest absolute Gasteiger partial charge is 0.496 e. The number of aliphatic carboxylic acids is 1. The molecule has 0 aliphatic carbocycles. The van der Waals surface area contributed by atoms with Crippen LogP contribution in [0.4, 0.5) is 0 Å². The lowest BCUT2D eigenvalue weighted by Gasteiger charge is -2.04. The summed E-state index contributed by atoms with van der Waals surface area (Å²) in [4.78, 5) is 23.0. The third-order valence-electron chi connectivity index (χ3n) is 3.29. The zero-order valence-corrected chi connectivity index (χ0v) is 11.8. The minimum absolute atomic E-state index is 0.310. The molecule has 0 aliphatic heterocycles. The highest BCUT2D eigenvalue weighted by Crippen LogP contribution is 2.28. The number of benzene rings is 1. The first-order valence-corrected chi connectivity index (χ1v) is 6.54. The van der Waals surface area contributed by atoms with Gasteiger partial charge in [-0.2, -0.15) is 5.10 Å². The molecule has 0 fully saturated rings. The van der Waals surface area contributed by atoms with E-state index >= 15 is 0 Å². The third kappa shape index (κ3) is 2.32. The van der Waals surface area contributed by atoms with Crippen molar-refractivity contribution in [3.05, 3.63) is 53.1 Å². The first-order chi connectivity index (χ1) is 10.6. The molecule has 1 N–H and O–H groups in total. The van der Waals surface area contributed by atoms with Crippen LogP contribution in [-0.2, 0) is 11.3 Å². The number of para-hydroxylation sites is 1.